The molecule has 0 aliphatic heterocycles. The maximum absolute atomic E-state index is 13.6. The van der Waals surface area contributed by atoms with E-state index in [0.717, 1.165) is 55.5 Å². The summed E-state index contributed by atoms with van der Waals surface area (Å²) in [7, 11) is 0. The topological polar surface area (TPSA) is 4.93 Å². The van der Waals surface area contributed by atoms with Gasteiger partial charge in [-0.2, -0.15) is 13.2 Å². The zero-order valence-corrected chi connectivity index (χ0v) is 18.4. The van der Waals surface area contributed by atoms with E-state index in [9.17, 15) is 13.2 Å². The van der Waals surface area contributed by atoms with Gasteiger partial charge >= 0.3 is 6.18 Å². The Hall–Kier alpha value is -4.05. The number of aromatic nitrogens is 1. The number of para-hydroxylation sites is 2. The third kappa shape index (κ3) is 3.10. The lowest BCUT2D eigenvalue weighted by Gasteiger charge is -2.17. The average Bonchev–Trinajstić information content (AvgIpc) is 3.17. The first-order valence-corrected chi connectivity index (χ1v) is 11.1. The van der Waals surface area contributed by atoms with Crippen LogP contribution in [0.2, 0.25) is 0 Å². The van der Waals surface area contributed by atoms with Crippen molar-refractivity contribution in [2.45, 2.75) is 13.1 Å². The number of fused-ring (bicyclic) bond motifs is 4. The average molecular weight is 451 g/mol. The summed E-state index contributed by atoms with van der Waals surface area (Å²) in [6, 6.07) is 32.4. The molecule has 0 saturated heterocycles. The third-order valence-corrected chi connectivity index (χ3v) is 6.56. The Kier molecular flexibility index (Phi) is 4.53. The van der Waals surface area contributed by atoms with Crippen molar-refractivity contribution in [3.05, 3.63) is 114 Å². The summed E-state index contributed by atoms with van der Waals surface area (Å²) in [6.45, 7) is 1.86. The van der Waals surface area contributed by atoms with Crippen LogP contribution >= 0.6 is 0 Å². The van der Waals surface area contributed by atoms with Gasteiger partial charge < -0.3 is 4.57 Å². The van der Waals surface area contributed by atoms with Crippen LogP contribution in [0.3, 0.4) is 0 Å². The fraction of sp³-hybridized carbons (Fsp3) is 0.0667. The summed E-state index contributed by atoms with van der Waals surface area (Å²) in [5, 5.41) is 4.19. The van der Waals surface area contributed by atoms with Crippen molar-refractivity contribution in [1.29, 1.82) is 0 Å². The minimum Gasteiger partial charge on any atom is -0.309 e. The lowest BCUT2D eigenvalue weighted by molar-refractivity contribution is -0.137. The Morgan fingerprint density at radius 1 is 0.618 bits per heavy atom. The summed E-state index contributed by atoms with van der Waals surface area (Å²) in [5.41, 5.74) is 4.62. The minimum atomic E-state index is -4.40. The van der Waals surface area contributed by atoms with Crippen LogP contribution in [0.25, 0.3) is 49.4 Å². The van der Waals surface area contributed by atoms with Gasteiger partial charge in [0.25, 0.3) is 0 Å². The normalized spacial score (nSPS) is 12.1. The Morgan fingerprint density at radius 2 is 1.24 bits per heavy atom. The van der Waals surface area contributed by atoms with Gasteiger partial charge in [0, 0.05) is 16.2 Å². The van der Waals surface area contributed by atoms with E-state index in [1.165, 1.54) is 6.07 Å². The molecule has 5 aromatic carbocycles. The molecule has 6 rings (SSSR count). The molecular weight excluding hydrogens is 431 g/mol. The van der Waals surface area contributed by atoms with Gasteiger partial charge in [-0.05, 0) is 59.3 Å². The molecule has 0 N–H and O–H groups in total. The lowest BCUT2D eigenvalue weighted by Crippen LogP contribution is -2.05. The number of rotatable bonds is 2. The van der Waals surface area contributed by atoms with E-state index >= 15 is 0 Å². The van der Waals surface area contributed by atoms with E-state index in [4.69, 9.17) is 0 Å². The SMILES string of the molecule is Cc1ccc(C(F)(F)F)cc1-c1cccc2cccc(-n3c4ccccc4c4ccccc43)c12. The first-order chi connectivity index (χ1) is 16.4. The number of nitrogens with zero attached hydrogens (tertiary/aromatic N) is 1. The molecule has 0 unspecified atom stereocenters. The summed E-state index contributed by atoms with van der Waals surface area (Å²) < 4.78 is 43.0. The van der Waals surface area contributed by atoms with E-state index in [2.05, 4.69) is 28.8 Å². The highest BCUT2D eigenvalue weighted by molar-refractivity contribution is 6.12. The van der Waals surface area contributed by atoms with Crippen LogP contribution in [0.15, 0.2) is 103 Å². The molecule has 0 saturated carbocycles. The van der Waals surface area contributed by atoms with Crippen LogP contribution in [0, 0.1) is 6.92 Å². The van der Waals surface area contributed by atoms with Gasteiger partial charge in [0.2, 0.25) is 0 Å². The molecule has 34 heavy (non-hydrogen) atoms. The lowest BCUT2D eigenvalue weighted by atomic mass is 9.92. The van der Waals surface area contributed by atoms with Crippen molar-refractivity contribution >= 4 is 32.6 Å². The fourth-order valence-electron chi connectivity index (χ4n) is 5.00. The van der Waals surface area contributed by atoms with Crippen molar-refractivity contribution in [2.75, 3.05) is 0 Å². The zero-order chi connectivity index (χ0) is 23.4. The van der Waals surface area contributed by atoms with E-state index < -0.39 is 11.7 Å². The predicted octanol–water partition coefficient (Wildman–Crippen LogP) is 8.93. The summed E-state index contributed by atoms with van der Waals surface area (Å²) in [6.07, 6.45) is -4.40. The van der Waals surface area contributed by atoms with Gasteiger partial charge in [0.1, 0.15) is 0 Å². The minimum absolute atomic E-state index is 0.591. The maximum Gasteiger partial charge on any atom is 0.416 e. The second-order valence-corrected chi connectivity index (χ2v) is 8.58. The summed E-state index contributed by atoms with van der Waals surface area (Å²) in [5.74, 6) is 0. The molecule has 0 radical (unpaired) electrons. The van der Waals surface area contributed by atoms with Gasteiger partial charge in [-0.1, -0.05) is 72.8 Å². The Bertz CT molecular complexity index is 1650. The number of hydrogen-bond acceptors (Lipinski definition) is 0. The Labute approximate surface area is 194 Å². The number of alkyl halides is 3. The number of hydrogen-bond donors (Lipinski definition) is 0. The van der Waals surface area contributed by atoms with E-state index in [-0.39, 0.29) is 0 Å². The number of aryl methyl sites for hydroxylation is 1. The van der Waals surface area contributed by atoms with Gasteiger partial charge in [-0.25, -0.2) is 0 Å². The number of benzene rings is 5. The highest BCUT2D eigenvalue weighted by Gasteiger charge is 2.31. The van der Waals surface area contributed by atoms with E-state index in [1.54, 1.807) is 6.07 Å². The molecule has 0 aliphatic carbocycles. The molecule has 0 amide bonds. The van der Waals surface area contributed by atoms with Crippen LogP contribution in [-0.2, 0) is 6.18 Å². The molecule has 0 fully saturated rings. The smallest absolute Gasteiger partial charge is 0.309 e. The van der Waals surface area contributed by atoms with Gasteiger partial charge in [-0.3, -0.25) is 0 Å². The van der Waals surface area contributed by atoms with Crippen LogP contribution in [0.5, 0.6) is 0 Å². The molecule has 0 spiro atoms. The van der Waals surface area contributed by atoms with Crippen molar-refractivity contribution in [3.63, 3.8) is 0 Å². The number of halogens is 3. The summed E-state index contributed by atoms with van der Waals surface area (Å²) >= 11 is 0. The van der Waals surface area contributed by atoms with Gasteiger partial charge in [0.05, 0.1) is 22.3 Å². The van der Waals surface area contributed by atoms with Crippen molar-refractivity contribution in [3.8, 4) is 16.8 Å². The van der Waals surface area contributed by atoms with Crippen molar-refractivity contribution in [1.82, 2.24) is 4.57 Å². The molecule has 166 valence electrons. The van der Waals surface area contributed by atoms with E-state index in [1.807, 2.05) is 67.6 Å². The van der Waals surface area contributed by atoms with Gasteiger partial charge in [0.15, 0.2) is 0 Å². The zero-order valence-electron chi connectivity index (χ0n) is 18.4. The van der Waals surface area contributed by atoms with Crippen molar-refractivity contribution < 1.29 is 13.2 Å². The first-order valence-electron chi connectivity index (χ1n) is 11.1. The third-order valence-electron chi connectivity index (χ3n) is 6.56. The molecule has 1 heterocycles. The molecule has 0 aliphatic rings. The highest BCUT2D eigenvalue weighted by Crippen LogP contribution is 2.40. The standard InChI is InChI=1S/C30H20F3N/c1-19-16-17-21(30(31,32)33)18-25(19)24-12-6-8-20-9-7-15-28(29(20)24)34-26-13-4-2-10-22(26)23-11-3-5-14-27(23)34/h2-18H,1H3. The van der Waals surface area contributed by atoms with Crippen LogP contribution in [0.1, 0.15) is 11.1 Å². The molecule has 0 atom stereocenters. The molecule has 6 aromatic rings. The fourth-order valence-corrected chi connectivity index (χ4v) is 5.00. The highest BCUT2D eigenvalue weighted by atomic mass is 19.4. The van der Waals surface area contributed by atoms with Crippen molar-refractivity contribution in [2.24, 2.45) is 0 Å². The van der Waals surface area contributed by atoms with Gasteiger partial charge in [-0.15, -0.1) is 0 Å². The second kappa shape index (κ2) is 7.49. The predicted molar refractivity (Wildman–Crippen MR) is 133 cm³/mol. The molecule has 1 nitrogen and oxygen atoms in total. The monoisotopic (exact) mass is 451 g/mol. The van der Waals surface area contributed by atoms with Crippen LogP contribution in [0.4, 0.5) is 13.2 Å². The Morgan fingerprint density at radius 3 is 1.88 bits per heavy atom. The largest absolute Gasteiger partial charge is 0.416 e. The molecule has 0 bridgehead atoms. The van der Waals surface area contributed by atoms with E-state index in [0.29, 0.717) is 5.56 Å². The van der Waals surface area contributed by atoms with Crippen LogP contribution < -0.4 is 0 Å². The molecule has 4 heteroatoms. The second-order valence-electron chi connectivity index (χ2n) is 8.58. The molecular formula is C30H20F3N. The summed E-state index contributed by atoms with van der Waals surface area (Å²) in [4.78, 5) is 0. The molecule has 1 aromatic heterocycles. The maximum atomic E-state index is 13.6. The quantitative estimate of drug-likeness (QED) is 0.248. The Balaban J connectivity index is 1.75. The van der Waals surface area contributed by atoms with Crippen LogP contribution in [-0.4, -0.2) is 4.57 Å². The first kappa shape index (κ1) is 20.5.